The molecule has 1 amide bonds. The van der Waals surface area contributed by atoms with E-state index in [1.165, 1.54) is 16.7 Å². The summed E-state index contributed by atoms with van der Waals surface area (Å²) in [5, 5.41) is 4.26. The third-order valence-corrected chi connectivity index (χ3v) is 5.00. The van der Waals surface area contributed by atoms with Crippen molar-refractivity contribution in [2.75, 3.05) is 4.90 Å². The van der Waals surface area contributed by atoms with Gasteiger partial charge in [-0.25, -0.2) is 0 Å². The van der Waals surface area contributed by atoms with E-state index < -0.39 is 0 Å². The van der Waals surface area contributed by atoms with Crippen LogP contribution in [0.25, 0.3) is 11.1 Å². The van der Waals surface area contributed by atoms with Crippen molar-refractivity contribution < 1.29 is 4.79 Å². The van der Waals surface area contributed by atoms with Gasteiger partial charge in [-0.3, -0.25) is 4.79 Å². The third kappa shape index (κ3) is 2.80. The summed E-state index contributed by atoms with van der Waals surface area (Å²) in [7, 11) is 0. The summed E-state index contributed by atoms with van der Waals surface area (Å²) in [5.74, 6) is 0.213. The van der Waals surface area contributed by atoms with E-state index in [4.69, 9.17) is 0 Å². The molecule has 114 valence electrons. The monoisotopic (exact) mass is 319 g/mol. The lowest BCUT2D eigenvalue weighted by molar-refractivity contribution is -0.119. The second kappa shape index (κ2) is 6.01. The number of amides is 1. The van der Waals surface area contributed by atoms with E-state index in [0.29, 0.717) is 13.0 Å². The molecule has 2 aromatic carbocycles. The summed E-state index contributed by atoms with van der Waals surface area (Å²) in [6, 6.07) is 18.8. The van der Waals surface area contributed by atoms with Gasteiger partial charge in [0, 0.05) is 12.1 Å². The van der Waals surface area contributed by atoms with E-state index in [-0.39, 0.29) is 5.91 Å². The molecule has 3 aromatic rings. The Morgan fingerprint density at radius 1 is 0.957 bits per heavy atom. The van der Waals surface area contributed by atoms with Gasteiger partial charge in [-0.2, -0.15) is 11.3 Å². The van der Waals surface area contributed by atoms with Gasteiger partial charge in [-0.05, 0) is 57.6 Å². The summed E-state index contributed by atoms with van der Waals surface area (Å²) in [6.07, 6.45) is 1.42. The van der Waals surface area contributed by atoms with Crippen molar-refractivity contribution in [1.82, 2.24) is 0 Å². The molecule has 2 heterocycles. The summed E-state index contributed by atoms with van der Waals surface area (Å²) in [4.78, 5) is 14.3. The number of hydrogen-bond donors (Lipinski definition) is 0. The molecule has 23 heavy (non-hydrogen) atoms. The molecule has 0 spiro atoms. The Morgan fingerprint density at radius 2 is 1.83 bits per heavy atom. The molecule has 0 atom stereocenters. The first-order chi connectivity index (χ1) is 11.3. The Labute approximate surface area is 140 Å². The number of hydrogen-bond acceptors (Lipinski definition) is 2. The number of nitrogens with zero attached hydrogens (tertiary/aromatic N) is 1. The number of benzene rings is 2. The van der Waals surface area contributed by atoms with Crippen LogP contribution < -0.4 is 4.90 Å². The van der Waals surface area contributed by atoms with E-state index in [2.05, 4.69) is 47.2 Å². The Kier molecular flexibility index (Phi) is 3.72. The fourth-order valence-corrected chi connectivity index (χ4v) is 3.77. The minimum absolute atomic E-state index is 0.213. The Bertz CT molecular complexity index is 824. The van der Waals surface area contributed by atoms with Crippen molar-refractivity contribution in [3.63, 3.8) is 0 Å². The molecule has 2 nitrogen and oxygen atoms in total. The highest BCUT2D eigenvalue weighted by atomic mass is 32.1. The maximum Gasteiger partial charge on any atom is 0.227 e. The van der Waals surface area contributed by atoms with Gasteiger partial charge in [0.15, 0.2) is 0 Å². The molecule has 1 aromatic heterocycles. The topological polar surface area (TPSA) is 20.3 Å². The van der Waals surface area contributed by atoms with Gasteiger partial charge < -0.3 is 4.90 Å². The highest BCUT2D eigenvalue weighted by molar-refractivity contribution is 7.08. The molecule has 0 N–H and O–H groups in total. The van der Waals surface area contributed by atoms with Gasteiger partial charge in [-0.1, -0.05) is 36.4 Å². The lowest BCUT2D eigenvalue weighted by Crippen LogP contribution is -2.34. The summed E-state index contributed by atoms with van der Waals surface area (Å²) in [5.41, 5.74) is 5.98. The first kappa shape index (κ1) is 14.2. The van der Waals surface area contributed by atoms with Crippen LogP contribution in [0.3, 0.4) is 0 Å². The molecule has 0 saturated heterocycles. The SMILES string of the molecule is O=C1CCc2cc(-c3ccsc3)ccc2N1Cc1ccccc1. The maximum atomic E-state index is 12.4. The fourth-order valence-electron chi connectivity index (χ4n) is 3.11. The number of rotatable bonds is 3. The van der Waals surface area contributed by atoms with Gasteiger partial charge in [0.2, 0.25) is 5.91 Å². The third-order valence-electron chi connectivity index (χ3n) is 4.32. The minimum atomic E-state index is 0.213. The Balaban J connectivity index is 1.69. The lowest BCUT2D eigenvalue weighted by atomic mass is 9.96. The standard InChI is InChI=1S/C20H17NOS/c22-20-9-7-17-12-16(18-10-11-23-14-18)6-8-19(17)21(20)13-15-4-2-1-3-5-15/h1-6,8,10-12,14H,7,9,13H2. The van der Waals surface area contributed by atoms with E-state index in [9.17, 15) is 4.79 Å². The predicted octanol–water partition coefficient (Wildman–Crippen LogP) is 4.89. The van der Waals surface area contributed by atoms with E-state index in [0.717, 1.165) is 17.7 Å². The summed E-state index contributed by atoms with van der Waals surface area (Å²) >= 11 is 1.71. The maximum absolute atomic E-state index is 12.4. The quantitative estimate of drug-likeness (QED) is 0.673. The van der Waals surface area contributed by atoms with Gasteiger partial charge in [0.05, 0.1) is 6.54 Å². The number of carbonyl (C=O) groups excluding carboxylic acids is 1. The molecule has 0 saturated carbocycles. The number of carbonyl (C=O) groups is 1. The first-order valence-electron chi connectivity index (χ1n) is 7.81. The summed E-state index contributed by atoms with van der Waals surface area (Å²) < 4.78 is 0. The fraction of sp³-hybridized carbons (Fsp3) is 0.150. The smallest absolute Gasteiger partial charge is 0.227 e. The first-order valence-corrected chi connectivity index (χ1v) is 8.75. The highest BCUT2D eigenvalue weighted by Crippen LogP contribution is 2.33. The molecular formula is C20H17NOS. The molecule has 0 unspecified atom stereocenters. The van der Waals surface area contributed by atoms with Crippen LogP contribution in [0.15, 0.2) is 65.4 Å². The largest absolute Gasteiger partial charge is 0.308 e. The predicted molar refractivity (Wildman–Crippen MR) is 95.7 cm³/mol. The van der Waals surface area contributed by atoms with E-state index in [1.807, 2.05) is 23.1 Å². The van der Waals surface area contributed by atoms with Gasteiger partial charge in [0.25, 0.3) is 0 Å². The van der Waals surface area contributed by atoms with Crippen molar-refractivity contribution in [2.45, 2.75) is 19.4 Å². The van der Waals surface area contributed by atoms with Gasteiger partial charge in [0.1, 0.15) is 0 Å². The van der Waals surface area contributed by atoms with Crippen LogP contribution in [-0.4, -0.2) is 5.91 Å². The molecule has 1 aliphatic rings. The average molecular weight is 319 g/mol. The van der Waals surface area contributed by atoms with E-state index >= 15 is 0 Å². The zero-order chi connectivity index (χ0) is 15.6. The number of aryl methyl sites for hydroxylation is 1. The van der Waals surface area contributed by atoms with Crippen LogP contribution in [0.1, 0.15) is 17.5 Å². The number of fused-ring (bicyclic) bond motifs is 1. The van der Waals surface area contributed by atoms with Gasteiger partial charge >= 0.3 is 0 Å². The molecule has 0 aliphatic carbocycles. The zero-order valence-electron chi connectivity index (χ0n) is 12.7. The normalized spacial score (nSPS) is 13.9. The summed E-state index contributed by atoms with van der Waals surface area (Å²) in [6.45, 7) is 0.643. The van der Waals surface area contributed by atoms with Crippen LogP contribution in [0, 0.1) is 0 Å². The van der Waals surface area contributed by atoms with Crippen LogP contribution in [0.2, 0.25) is 0 Å². The molecule has 4 rings (SSSR count). The van der Waals surface area contributed by atoms with Crippen molar-refractivity contribution in [1.29, 1.82) is 0 Å². The lowest BCUT2D eigenvalue weighted by Gasteiger charge is -2.30. The molecule has 0 bridgehead atoms. The average Bonchev–Trinajstić information content (AvgIpc) is 3.13. The molecule has 0 radical (unpaired) electrons. The van der Waals surface area contributed by atoms with Crippen molar-refractivity contribution in [3.8, 4) is 11.1 Å². The van der Waals surface area contributed by atoms with E-state index in [1.54, 1.807) is 11.3 Å². The molecule has 1 aliphatic heterocycles. The number of thiophene rings is 1. The van der Waals surface area contributed by atoms with Crippen LogP contribution in [0.5, 0.6) is 0 Å². The van der Waals surface area contributed by atoms with Crippen molar-refractivity contribution >= 4 is 22.9 Å². The van der Waals surface area contributed by atoms with Gasteiger partial charge in [-0.15, -0.1) is 0 Å². The molecule has 3 heteroatoms. The van der Waals surface area contributed by atoms with Crippen molar-refractivity contribution in [2.24, 2.45) is 0 Å². The Hall–Kier alpha value is -2.39. The second-order valence-corrected chi connectivity index (χ2v) is 6.60. The van der Waals surface area contributed by atoms with Crippen LogP contribution in [-0.2, 0) is 17.8 Å². The molecule has 0 fully saturated rings. The second-order valence-electron chi connectivity index (χ2n) is 5.82. The van der Waals surface area contributed by atoms with Crippen LogP contribution >= 0.6 is 11.3 Å². The molecular weight excluding hydrogens is 302 g/mol. The highest BCUT2D eigenvalue weighted by Gasteiger charge is 2.24. The van der Waals surface area contributed by atoms with Crippen LogP contribution in [0.4, 0.5) is 5.69 Å². The number of anilines is 1. The Morgan fingerprint density at radius 3 is 2.61 bits per heavy atom. The van der Waals surface area contributed by atoms with Crippen molar-refractivity contribution in [3.05, 3.63) is 76.5 Å². The zero-order valence-corrected chi connectivity index (χ0v) is 13.6. The minimum Gasteiger partial charge on any atom is -0.308 e.